The van der Waals surface area contributed by atoms with E-state index < -0.39 is 6.04 Å². The number of hydrogen-bond donors (Lipinski definition) is 1. The molecule has 0 fully saturated rings. The lowest BCUT2D eigenvalue weighted by molar-refractivity contribution is -0.139. The summed E-state index contributed by atoms with van der Waals surface area (Å²) in [6.07, 6.45) is 0.388. The fourth-order valence-electron chi connectivity index (χ4n) is 3.68. The smallest absolute Gasteiger partial charge is 0.243 e. The Morgan fingerprint density at radius 1 is 0.917 bits per heavy atom. The molecule has 190 valence electrons. The minimum Gasteiger partial charge on any atom is -0.354 e. The van der Waals surface area contributed by atoms with Crippen LogP contribution in [0.4, 0.5) is 4.39 Å². The van der Waals surface area contributed by atoms with Crippen LogP contribution in [-0.4, -0.2) is 35.1 Å². The zero-order chi connectivity index (χ0) is 25.9. The molecule has 0 saturated heterocycles. The number of hydrogen-bond acceptors (Lipinski definition) is 3. The van der Waals surface area contributed by atoms with E-state index in [9.17, 15) is 14.0 Å². The fourth-order valence-corrected chi connectivity index (χ4v) is 4.68. The molecule has 3 rings (SSSR count). The molecule has 1 atom stereocenters. The van der Waals surface area contributed by atoms with Crippen molar-refractivity contribution < 1.29 is 14.0 Å². The zero-order valence-electron chi connectivity index (χ0n) is 20.6. The Hall–Kier alpha value is -2.83. The van der Waals surface area contributed by atoms with Crippen LogP contribution in [0.15, 0.2) is 78.9 Å². The second kappa shape index (κ2) is 14.0. The Bertz CT molecular complexity index is 1110. The van der Waals surface area contributed by atoms with Gasteiger partial charge < -0.3 is 10.2 Å². The van der Waals surface area contributed by atoms with Crippen molar-refractivity contribution in [2.75, 3.05) is 12.3 Å². The monoisotopic (exact) mass is 526 g/mol. The van der Waals surface area contributed by atoms with Crippen LogP contribution in [0.5, 0.6) is 0 Å². The molecule has 0 aromatic heterocycles. The quantitative estimate of drug-likeness (QED) is 0.309. The Morgan fingerprint density at radius 2 is 1.56 bits per heavy atom. The molecule has 0 aliphatic heterocycles. The van der Waals surface area contributed by atoms with E-state index in [1.54, 1.807) is 17.0 Å². The maximum absolute atomic E-state index is 13.6. The van der Waals surface area contributed by atoms with Crippen LogP contribution in [0, 0.1) is 11.7 Å². The molecule has 4 nitrogen and oxygen atoms in total. The topological polar surface area (TPSA) is 49.4 Å². The second-order valence-corrected chi connectivity index (χ2v) is 10.5. The first-order chi connectivity index (χ1) is 17.3. The van der Waals surface area contributed by atoms with Crippen molar-refractivity contribution in [3.63, 3.8) is 0 Å². The van der Waals surface area contributed by atoms with Gasteiger partial charge in [-0.25, -0.2) is 4.39 Å². The van der Waals surface area contributed by atoms with E-state index in [2.05, 4.69) is 5.32 Å². The molecule has 2 amide bonds. The van der Waals surface area contributed by atoms with E-state index in [0.717, 1.165) is 16.7 Å². The normalized spacial score (nSPS) is 11.8. The molecule has 0 aliphatic rings. The van der Waals surface area contributed by atoms with Gasteiger partial charge >= 0.3 is 0 Å². The van der Waals surface area contributed by atoms with Crippen LogP contribution < -0.4 is 5.32 Å². The summed E-state index contributed by atoms with van der Waals surface area (Å²) in [5.41, 5.74) is 2.80. The van der Waals surface area contributed by atoms with Crippen molar-refractivity contribution in [2.24, 2.45) is 5.92 Å². The Balaban J connectivity index is 1.82. The third-order valence-corrected chi connectivity index (χ3v) is 6.87. The van der Waals surface area contributed by atoms with Gasteiger partial charge in [-0.3, -0.25) is 9.59 Å². The Morgan fingerprint density at radius 3 is 2.19 bits per heavy atom. The Kier molecular flexibility index (Phi) is 10.8. The zero-order valence-corrected chi connectivity index (χ0v) is 22.2. The lowest BCUT2D eigenvalue weighted by atomic mass is 10.0. The lowest BCUT2D eigenvalue weighted by Crippen LogP contribution is -2.51. The summed E-state index contributed by atoms with van der Waals surface area (Å²) in [7, 11) is 0. The van der Waals surface area contributed by atoms with Gasteiger partial charge in [-0.15, -0.1) is 11.8 Å². The van der Waals surface area contributed by atoms with Gasteiger partial charge in [0.25, 0.3) is 0 Å². The van der Waals surface area contributed by atoms with Gasteiger partial charge in [0.15, 0.2) is 0 Å². The first kappa shape index (κ1) is 27.8. The lowest BCUT2D eigenvalue weighted by Gasteiger charge is -2.32. The van der Waals surface area contributed by atoms with Crippen molar-refractivity contribution in [3.8, 4) is 0 Å². The van der Waals surface area contributed by atoms with Crippen LogP contribution in [0.1, 0.15) is 30.5 Å². The van der Waals surface area contributed by atoms with Crippen LogP contribution >= 0.6 is 23.4 Å². The molecule has 0 spiro atoms. The summed E-state index contributed by atoms with van der Waals surface area (Å²) in [4.78, 5) is 28.6. The predicted octanol–water partition coefficient (Wildman–Crippen LogP) is 6.12. The van der Waals surface area contributed by atoms with E-state index in [1.807, 2.05) is 68.4 Å². The van der Waals surface area contributed by atoms with Gasteiger partial charge in [-0.1, -0.05) is 80.0 Å². The molecule has 3 aromatic rings. The molecule has 0 aliphatic carbocycles. The van der Waals surface area contributed by atoms with E-state index in [4.69, 9.17) is 11.6 Å². The minimum absolute atomic E-state index is 0.140. The summed E-state index contributed by atoms with van der Waals surface area (Å²) in [6.45, 7) is 4.80. The highest BCUT2D eigenvalue weighted by Crippen LogP contribution is 2.20. The molecule has 3 aromatic carbocycles. The third kappa shape index (κ3) is 8.99. The number of carbonyl (C=O) groups is 2. The standard InChI is InChI=1S/C29H32ClFN2O2S/c1-21(2)17-32-29(35)27(16-22-6-4-3-5-7-22)33(18-23-10-14-26(31)15-11-23)28(34)20-36-19-24-8-12-25(30)13-9-24/h3-15,21,27H,16-20H2,1-2H3,(H,32,35). The van der Waals surface area contributed by atoms with Crippen LogP contribution in [0.2, 0.25) is 5.02 Å². The average molecular weight is 527 g/mol. The molecule has 0 radical (unpaired) electrons. The van der Waals surface area contributed by atoms with Crippen LogP contribution in [0.25, 0.3) is 0 Å². The van der Waals surface area contributed by atoms with Crippen LogP contribution in [0.3, 0.4) is 0 Å². The number of amides is 2. The van der Waals surface area contributed by atoms with Crippen molar-refractivity contribution in [3.05, 3.63) is 106 Å². The summed E-state index contributed by atoms with van der Waals surface area (Å²) in [5, 5.41) is 3.68. The predicted molar refractivity (Wildman–Crippen MR) is 146 cm³/mol. The van der Waals surface area contributed by atoms with Crippen molar-refractivity contribution in [1.82, 2.24) is 10.2 Å². The molecule has 1 unspecified atom stereocenters. The fraction of sp³-hybridized carbons (Fsp3) is 0.310. The minimum atomic E-state index is -0.695. The summed E-state index contributed by atoms with van der Waals surface area (Å²) < 4.78 is 13.5. The number of rotatable bonds is 12. The van der Waals surface area contributed by atoms with Gasteiger partial charge in [-0.05, 0) is 46.9 Å². The van der Waals surface area contributed by atoms with Gasteiger partial charge in [0, 0.05) is 30.3 Å². The van der Waals surface area contributed by atoms with Gasteiger partial charge in [0.2, 0.25) is 11.8 Å². The SMILES string of the molecule is CC(C)CNC(=O)C(Cc1ccccc1)N(Cc1ccc(F)cc1)C(=O)CSCc1ccc(Cl)cc1. The molecule has 1 N–H and O–H groups in total. The number of carbonyl (C=O) groups excluding carboxylic acids is 2. The highest BCUT2D eigenvalue weighted by Gasteiger charge is 2.30. The van der Waals surface area contributed by atoms with Crippen molar-refractivity contribution >= 4 is 35.2 Å². The molecule has 0 saturated carbocycles. The number of benzene rings is 3. The molecule has 0 bridgehead atoms. The molecule has 36 heavy (non-hydrogen) atoms. The largest absolute Gasteiger partial charge is 0.354 e. The van der Waals surface area contributed by atoms with Gasteiger partial charge in [0.05, 0.1) is 5.75 Å². The number of nitrogens with zero attached hydrogens (tertiary/aromatic N) is 1. The maximum Gasteiger partial charge on any atom is 0.243 e. The van der Waals surface area contributed by atoms with Crippen molar-refractivity contribution in [2.45, 2.75) is 38.6 Å². The van der Waals surface area contributed by atoms with Gasteiger partial charge in [-0.2, -0.15) is 0 Å². The Labute approximate surface area is 222 Å². The molecule has 7 heteroatoms. The molecule has 0 heterocycles. The number of nitrogens with one attached hydrogen (secondary N) is 1. The first-order valence-electron chi connectivity index (χ1n) is 12.0. The number of halogens is 2. The van der Waals surface area contributed by atoms with E-state index in [0.29, 0.717) is 23.7 Å². The maximum atomic E-state index is 13.6. The third-order valence-electron chi connectivity index (χ3n) is 5.63. The summed E-state index contributed by atoms with van der Waals surface area (Å²) >= 11 is 7.46. The number of thioether (sulfide) groups is 1. The first-order valence-corrected chi connectivity index (χ1v) is 13.5. The van der Waals surface area contributed by atoms with E-state index in [1.165, 1.54) is 23.9 Å². The van der Waals surface area contributed by atoms with Gasteiger partial charge in [0.1, 0.15) is 11.9 Å². The van der Waals surface area contributed by atoms with Crippen molar-refractivity contribution in [1.29, 1.82) is 0 Å². The summed E-state index contributed by atoms with van der Waals surface area (Å²) in [5.74, 6) is 0.473. The highest BCUT2D eigenvalue weighted by atomic mass is 35.5. The second-order valence-electron chi connectivity index (χ2n) is 9.11. The average Bonchev–Trinajstić information content (AvgIpc) is 2.87. The molecular weight excluding hydrogens is 495 g/mol. The van der Waals surface area contributed by atoms with E-state index in [-0.39, 0.29) is 35.8 Å². The van der Waals surface area contributed by atoms with E-state index >= 15 is 0 Å². The summed E-state index contributed by atoms with van der Waals surface area (Å²) in [6, 6.07) is 22.6. The molecular formula is C29H32ClFN2O2S. The van der Waals surface area contributed by atoms with Crippen LogP contribution in [-0.2, 0) is 28.3 Å². The highest BCUT2D eigenvalue weighted by molar-refractivity contribution is 7.99.